The topological polar surface area (TPSA) is 55.6 Å². The smallest absolute Gasteiger partial charge is 0.134 e. The van der Waals surface area contributed by atoms with Gasteiger partial charge in [0, 0.05) is 31.8 Å². The second kappa shape index (κ2) is 6.06. The van der Waals surface area contributed by atoms with Crippen LogP contribution in [-0.2, 0) is 7.05 Å². The Labute approximate surface area is 117 Å². The summed E-state index contributed by atoms with van der Waals surface area (Å²) < 4.78 is 1.79. The highest BCUT2D eigenvalue weighted by Crippen LogP contribution is 2.28. The lowest BCUT2D eigenvalue weighted by Gasteiger charge is -2.10. The summed E-state index contributed by atoms with van der Waals surface area (Å²) in [5.74, 6) is 2.06. The minimum Gasteiger partial charge on any atom is -0.370 e. The number of anilines is 1. The molecule has 2 rings (SSSR count). The summed E-state index contributed by atoms with van der Waals surface area (Å²) in [6, 6.07) is 1.98. The fourth-order valence-electron chi connectivity index (χ4n) is 1.60. The van der Waals surface area contributed by atoms with Gasteiger partial charge in [0.25, 0.3) is 0 Å². The average molecular weight is 277 g/mol. The first-order valence-electron chi connectivity index (χ1n) is 6.38. The van der Waals surface area contributed by atoms with Crippen molar-refractivity contribution in [2.45, 2.75) is 36.6 Å². The highest BCUT2D eigenvalue weighted by molar-refractivity contribution is 7.99. The first kappa shape index (κ1) is 13.9. The van der Waals surface area contributed by atoms with Gasteiger partial charge in [-0.3, -0.25) is 4.68 Å². The minimum absolute atomic E-state index is 0.312. The van der Waals surface area contributed by atoms with Crippen LogP contribution in [0.3, 0.4) is 0 Å². The van der Waals surface area contributed by atoms with Crippen LogP contribution in [0.25, 0.3) is 0 Å². The predicted octanol–water partition coefficient (Wildman–Crippen LogP) is 2.92. The van der Waals surface area contributed by atoms with Crippen LogP contribution in [0.1, 0.15) is 32.5 Å². The fourth-order valence-corrected chi connectivity index (χ4v) is 2.45. The number of aryl methyl sites for hydroxylation is 1. The van der Waals surface area contributed by atoms with Gasteiger partial charge in [-0.2, -0.15) is 5.10 Å². The Morgan fingerprint density at radius 1 is 1.37 bits per heavy atom. The van der Waals surface area contributed by atoms with Crippen molar-refractivity contribution in [3.63, 3.8) is 0 Å². The maximum Gasteiger partial charge on any atom is 0.134 e. The fraction of sp³-hybridized carbons (Fsp3) is 0.462. The van der Waals surface area contributed by atoms with Crippen molar-refractivity contribution < 1.29 is 0 Å². The van der Waals surface area contributed by atoms with E-state index in [0.29, 0.717) is 5.92 Å². The van der Waals surface area contributed by atoms with Crippen molar-refractivity contribution in [3.05, 3.63) is 24.3 Å². The van der Waals surface area contributed by atoms with Crippen molar-refractivity contribution in [2.75, 3.05) is 11.9 Å². The predicted molar refractivity (Wildman–Crippen MR) is 77.6 cm³/mol. The van der Waals surface area contributed by atoms with Crippen LogP contribution in [-0.4, -0.2) is 26.3 Å². The molecule has 0 saturated heterocycles. The molecular formula is C13H19N5S. The zero-order chi connectivity index (χ0) is 13.8. The van der Waals surface area contributed by atoms with Gasteiger partial charge in [-0.15, -0.1) is 0 Å². The molecule has 1 N–H and O–H groups in total. The van der Waals surface area contributed by atoms with Gasteiger partial charge < -0.3 is 5.32 Å². The Bertz CT molecular complexity index is 550. The lowest BCUT2D eigenvalue weighted by Crippen LogP contribution is -2.05. The molecule has 0 amide bonds. The molecule has 2 aromatic heterocycles. The van der Waals surface area contributed by atoms with Gasteiger partial charge in [-0.05, 0) is 6.92 Å². The molecule has 102 valence electrons. The van der Waals surface area contributed by atoms with Crippen LogP contribution in [0.5, 0.6) is 0 Å². The molecule has 2 aromatic rings. The molecule has 19 heavy (non-hydrogen) atoms. The van der Waals surface area contributed by atoms with Crippen molar-refractivity contribution in [1.82, 2.24) is 19.7 Å². The van der Waals surface area contributed by atoms with Gasteiger partial charge in [0.15, 0.2) is 0 Å². The number of rotatable bonds is 5. The van der Waals surface area contributed by atoms with E-state index in [2.05, 4.69) is 41.2 Å². The molecule has 6 heteroatoms. The Balaban J connectivity index is 2.27. The molecule has 0 bridgehead atoms. The number of hydrogen-bond donors (Lipinski definition) is 1. The molecule has 0 fully saturated rings. The standard InChI is InChI=1S/C13H19N5S/c1-5-14-11-6-12(17-13(16-11)9(2)3)19-10-7-15-18(4)8-10/h6-9H,5H2,1-4H3,(H,14,16,17). The van der Waals surface area contributed by atoms with Gasteiger partial charge in [-0.25, -0.2) is 9.97 Å². The molecule has 0 aromatic carbocycles. The molecule has 2 heterocycles. The number of nitrogens with zero attached hydrogens (tertiary/aromatic N) is 4. The van der Waals surface area contributed by atoms with E-state index in [1.165, 1.54) is 0 Å². The molecule has 0 aliphatic rings. The van der Waals surface area contributed by atoms with Gasteiger partial charge in [0.05, 0.1) is 11.1 Å². The number of nitrogens with one attached hydrogen (secondary N) is 1. The van der Waals surface area contributed by atoms with Gasteiger partial charge >= 0.3 is 0 Å². The highest BCUT2D eigenvalue weighted by atomic mass is 32.2. The van der Waals surface area contributed by atoms with E-state index < -0.39 is 0 Å². The number of aromatic nitrogens is 4. The zero-order valence-corrected chi connectivity index (χ0v) is 12.5. The van der Waals surface area contributed by atoms with Crippen LogP contribution in [0, 0.1) is 0 Å². The van der Waals surface area contributed by atoms with Gasteiger partial charge in [0.2, 0.25) is 0 Å². The van der Waals surface area contributed by atoms with Crippen LogP contribution in [0.2, 0.25) is 0 Å². The average Bonchev–Trinajstić information content (AvgIpc) is 2.75. The highest BCUT2D eigenvalue weighted by Gasteiger charge is 2.09. The summed E-state index contributed by atoms with van der Waals surface area (Å²) in [5, 5.41) is 8.36. The van der Waals surface area contributed by atoms with Crippen molar-refractivity contribution >= 4 is 17.6 Å². The van der Waals surface area contributed by atoms with Crippen molar-refractivity contribution in [3.8, 4) is 0 Å². The molecule has 0 spiro atoms. The Morgan fingerprint density at radius 2 is 2.16 bits per heavy atom. The number of hydrogen-bond acceptors (Lipinski definition) is 5. The maximum absolute atomic E-state index is 4.59. The second-order valence-corrected chi connectivity index (χ2v) is 5.68. The largest absolute Gasteiger partial charge is 0.370 e. The first-order chi connectivity index (χ1) is 9.08. The normalized spacial score (nSPS) is 11.0. The van der Waals surface area contributed by atoms with Crippen molar-refractivity contribution in [1.29, 1.82) is 0 Å². The second-order valence-electron chi connectivity index (χ2n) is 4.59. The molecule has 0 aliphatic carbocycles. The molecule has 0 atom stereocenters. The molecule has 0 unspecified atom stereocenters. The van der Waals surface area contributed by atoms with Crippen LogP contribution in [0.4, 0.5) is 5.82 Å². The van der Waals surface area contributed by atoms with E-state index >= 15 is 0 Å². The first-order valence-corrected chi connectivity index (χ1v) is 7.19. The Morgan fingerprint density at radius 3 is 2.74 bits per heavy atom. The zero-order valence-electron chi connectivity index (χ0n) is 11.7. The van der Waals surface area contributed by atoms with Crippen molar-refractivity contribution in [2.24, 2.45) is 7.05 Å². The van der Waals surface area contributed by atoms with E-state index in [4.69, 9.17) is 0 Å². The van der Waals surface area contributed by atoms with Crippen LogP contribution in [0.15, 0.2) is 28.4 Å². The molecule has 5 nitrogen and oxygen atoms in total. The summed E-state index contributed by atoms with van der Waals surface area (Å²) in [6.45, 7) is 7.11. The van der Waals surface area contributed by atoms with Crippen LogP contribution < -0.4 is 5.32 Å². The summed E-state index contributed by atoms with van der Waals surface area (Å²) in [6.07, 6.45) is 3.82. The lowest BCUT2D eigenvalue weighted by molar-refractivity contribution is 0.754. The quantitative estimate of drug-likeness (QED) is 0.852. The van der Waals surface area contributed by atoms with Gasteiger partial charge in [0.1, 0.15) is 16.7 Å². The van der Waals surface area contributed by atoms with E-state index in [0.717, 1.165) is 28.1 Å². The lowest BCUT2D eigenvalue weighted by atomic mass is 10.2. The van der Waals surface area contributed by atoms with Gasteiger partial charge in [-0.1, -0.05) is 25.6 Å². The molecule has 0 aliphatic heterocycles. The third kappa shape index (κ3) is 3.70. The maximum atomic E-state index is 4.59. The molecular weight excluding hydrogens is 258 g/mol. The minimum atomic E-state index is 0.312. The summed E-state index contributed by atoms with van der Waals surface area (Å²) >= 11 is 1.61. The van der Waals surface area contributed by atoms with Crippen LogP contribution >= 0.6 is 11.8 Å². The third-order valence-electron chi connectivity index (χ3n) is 2.50. The summed E-state index contributed by atoms with van der Waals surface area (Å²) in [4.78, 5) is 10.2. The Kier molecular flexibility index (Phi) is 4.42. The monoisotopic (exact) mass is 277 g/mol. The molecule has 0 radical (unpaired) electrons. The summed E-state index contributed by atoms with van der Waals surface area (Å²) in [7, 11) is 1.91. The molecule has 0 saturated carbocycles. The van der Waals surface area contributed by atoms with E-state index in [9.17, 15) is 0 Å². The van der Waals surface area contributed by atoms with E-state index in [1.54, 1.807) is 16.4 Å². The third-order valence-corrected chi connectivity index (χ3v) is 3.36. The SMILES string of the molecule is CCNc1cc(Sc2cnn(C)c2)nc(C(C)C)n1. The Hall–Kier alpha value is -1.56. The van der Waals surface area contributed by atoms with E-state index in [-0.39, 0.29) is 0 Å². The van der Waals surface area contributed by atoms with E-state index in [1.807, 2.05) is 25.5 Å². The summed E-state index contributed by atoms with van der Waals surface area (Å²) in [5.41, 5.74) is 0.